The summed E-state index contributed by atoms with van der Waals surface area (Å²) in [6, 6.07) is 154. The molecule has 0 atom stereocenters. The van der Waals surface area contributed by atoms with Gasteiger partial charge in [-0.15, -0.1) is 0 Å². The highest BCUT2D eigenvalue weighted by molar-refractivity contribution is 5.90. The molecule has 16 aromatic rings. The minimum Gasteiger partial charge on any atom is -0.311 e. The van der Waals surface area contributed by atoms with Crippen molar-refractivity contribution in [2.24, 2.45) is 0 Å². The lowest BCUT2D eigenvalue weighted by molar-refractivity contribution is 0.768. The summed E-state index contributed by atoms with van der Waals surface area (Å²) in [7, 11) is 0. The lowest BCUT2D eigenvalue weighted by Crippen LogP contribution is -2.28. The van der Waals surface area contributed by atoms with Crippen molar-refractivity contribution in [3.05, 3.63) is 469 Å². The van der Waals surface area contributed by atoms with E-state index in [1.807, 2.05) is 0 Å². The average Bonchev–Trinajstić information content (AvgIpc) is 1.53. The standard InChI is InChI=1S/2C49H35N/c1-4-15-36(16-5-1)38-27-31-42(32-28-38)50(43-33-29-39(30-34-43)37-17-6-2-7-18-37)44-22-14-21-41(35-44)49(40-19-8-3-9-20-40)47-25-12-10-23-45(47)46-24-11-13-26-48(46)49;1-4-14-36(15-5-1)38-24-30-42(31-25-38)50(43-32-26-39(27-33-43)37-16-6-2-7-17-37)44-34-28-41(29-35-44)49(40-18-8-3-9-19-40)47-22-12-10-20-45(47)46-21-11-13-23-48(46)49/h2*1-35H. The molecule has 0 radical (unpaired) electrons. The summed E-state index contributed by atoms with van der Waals surface area (Å²) in [5, 5.41) is 0. The first kappa shape index (κ1) is 60.8. The van der Waals surface area contributed by atoms with E-state index in [0.717, 1.165) is 34.1 Å². The second kappa shape index (κ2) is 26.6. The van der Waals surface area contributed by atoms with Crippen molar-refractivity contribution in [2.45, 2.75) is 10.8 Å². The molecule has 0 saturated heterocycles. The zero-order chi connectivity index (χ0) is 66.7. The van der Waals surface area contributed by atoms with Gasteiger partial charge < -0.3 is 9.80 Å². The average molecular weight is 1280 g/mol. The van der Waals surface area contributed by atoms with Gasteiger partial charge in [0, 0.05) is 34.1 Å². The Morgan fingerprint density at radius 1 is 0.140 bits per heavy atom. The van der Waals surface area contributed by atoms with Crippen molar-refractivity contribution in [1.82, 2.24) is 0 Å². The molecule has 0 spiro atoms. The predicted molar refractivity (Wildman–Crippen MR) is 419 cm³/mol. The monoisotopic (exact) mass is 1270 g/mol. The van der Waals surface area contributed by atoms with E-state index in [9.17, 15) is 0 Å². The molecular weight excluding hydrogens is 1210 g/mol. The molecule has 2 aliphatic rings. The molecule has 0 heterocycles. The predicted octanol–water partition coefficient (Wildman–Crippen LogP) is 25.7. The molecule has 0 aliphatic heterocycles. The topological polar surface area (TPSA) is 6.48 Å². The first-order valence-corrected chi connectivity index (χ1v) is 34.5. The van der Waals surface area contributed by atoms with Crippen molar-refractivity contribution in [1.29, 1.82) is 0 Å². The van der Waals surface area contributed by atoms with Crippen LogP contribution < -0.4 is 9.80 Å². The Morgan fingerprint density at radius 2 is 0.350 bits per heavy atom. The van der Waals surface area contributed by atoms with Crippen LogP contribution in [-0.4, -0.2) is 0 Å². The van der Waals surface area contributed by atoms with Gasteiger partial charge in [-0.1, -0.05) is 352 Å². The van der Waals surface area contributed by atoms with Crippen LogP contribution in [0.4, 0.5) is 34.1 Å². The zero-order valence-corrected chi connectivity index (χ0v) is 55.3. The van der Waals surface area contributed by atoms with E-state index in [-0.39, 0.29) is 0 Å². The van der Waals surface area contributed by atoms with Gasteiger partial charge in [0.15, 0.2) is 0 Å². The maximum Gasteiger partial charge on any atom is 0.0714 e. The number of rotatable bonds is 14. The molecule has 0 fully saturated rings. The lowest BCUT2D eigenvalue weighted by atomic mass is 9.67. The second-order valence-electron chi connectivity index (χ2n) is 25.8. The molecule has 0 N–H and O–H groups in total. The number of nitrogens with zero attached hydrogens (tertiary/aromatic N) is 2. The van der Waals surface area contributed by atoms with Gasteiger partial charge in [-0.2, -0.15) is 0 Å². The molecule has 2 heteroatoms. The van der Waals surface area contributed by atoms with Crippen LogP contribution in [0.15, 0.2) is 425 Å². The van der Waals surface area contributed by atoms with Crippen LogP contribution in [0.3, 0.4) is 0 Å². The third kappa shape index (κ3) is 10.9. The third-order valence-electron chi connectivity index (χ3n) is 20.3. The van der Waals surface area contributed by atoms with E-state index in [1.165, 1.54) is 111 Å². The van der Waals surface area contributed by atoms with Crippen LogP contribution in [0.25, 0.3) is 66.8 Å². The largest absolute Gasteiger partial charge is 0.311 e. The quantitative estimate of drug-likeness (QED) is 0.107. The molecule has 18 rings (SSSR count). The minimum absolute atomic E-state index is 0.424. The number of benzene rings is 16. The number of hydrogen-bond donors (Lipinski definition) is 0. The SMILES string of the molecule is c1ccc(-c2ccc(N(c3ccc(-c4ccccc4)cc3)c3ccc(C4(c5ccccc5)c5ccccc5-c5ccccc54)cc3)cc2)cc1.c1ccc(-c2ccc(N(c3ccc(-c4ccccc4)cc3)c3cccc(C4(c5ccccc5)c5ccccc5-c5ccccc54)c3)cc2)cc1. The van der Waals surface area contributed by atoms with Gasteiger partial charge in [-0.3, -0.25) is 0 Å². The molecule has 0 amide bonds. The van der Waals surface area contributed by atoms with E-state index >= 15 is 0 Å². The summed E-state index contributed by atoms with van der Waals surface area (Å²) in [5.74, 6) is 0. The van der Waals surface area contributed by atoms with Crippen LogP contribution in [0.2, 0.25) is 0 Å². The lowest BCUT2D eigenvalue weighted by Gasteiger charge is -2.35. The van der Waals surface area contributed by atoms with Gasteiger partial charge in [0.05, 0.1) is 10.8 Å². The molecule has 0 saturated carbocycles. The van der Waals surface area contributed by atoms with Gasteiger partial charge in [-0.25, -0.2) is 0 Å². The van der Waals surface area contributed by atoms with Crippen molar-refractivity contribution < 1.29 is 0 Å². The summed E-state index contributed by atoms with van der Waals surface area (Å²) >= 11 is 0. The fraction of sp³-hybridized carbons (Fsp3) is 0.0204. The maximum atomic E-state index is 2.40. The molecule has 0 aromatic heterocycles. The van der Waals surface area contributed by atoms with Crippen LogP contribution in [0.1, 0.15) is 44.5 Å². The smallest absolute Gasteiger partial charge is 0.0714 e. The maximum absolute atomic E-state index is 2.40. The van der Waals surface area contributed by atoms with Crippen LogP contribution in [0.5, 0.6) is 0 Å². The van der Waals surface area contributed by atoms with Crippen molar-refractivity contribution in [2.75, 3.05) is 9.80 Å². The van der Waals surface area contributed by atoms with Crippen molar-refractivity contribution in [3.63, 3.8) is 0 Å². The molecule has 0 bridgehead atoms. The van der Waals surface area contributed by atoms with E-state index in [1.54, 1.807) is 0 Å². The summed E-state index contributed by atoms with van der Waals surface area (Å²) in [6.07, 6.45) is 0. The molecule has 100 heavy (non-hydrogen) atoms. The molecule has 16 aromatic carbocycles. The highest BCUT2D eigenvalue weighted by atomic mass is 15.1. The molecule has 2 aliphatic carbocycles. The summed E-state index contributed by atoms with van der Waals surface area (Å²) < 4.78 is 0. The molecular formula is C98H70N2. The van der Waals surface area contributed by atoms with E-state index < -0.39 is 10.8 Å². The summed E-state index contributed by atoms with van der Waals surface area (Å²) in [4.78, 5) is 4.75. The molecule has 2 nitrogen and oxygen atoms in total. The van der Waals surface area contributed by atoms with Crippen LogP contribution in [0, 0.1) is 0 Å². The van der Waals surface area contributed by atoms with Crippen LogP contribution in [-0.2, 0) is 10.8 Å². The Balaban J connectivity index is 0.000000150. The Hall–Kier alpha value is -12.9. The Bertz CT molecular complexity index is 5210. The first-order chi connectivity index (χ1) is 49.6. The normalized spacial score (nSPS) is 12.6. The Labute approximate surface area is 587 Å². The van der Waals surface area contributed by atoms with E-state index in [2.05, 4.69) is 434 Å². The zero-order valence-electron chi connectivity index (χ0n) is 55.3. The van der Waals surface area contributed by atoms with Crippen LogP contribution >= 0.6 is 0 Å². The molecule has 472 valence electrons. The van der Waals surface area contributed by atoms with Gasteiger partial charge in [0.1, 0.15) is 0 Å². The first-order valence-electron chi connectivity index (χ1n) is 34.5. The van der Waals surface area contributed by atoms with E-state index in [0.29, 0.717) is 0 Å². The minimum atomic E-state index is -0.468. The third-order valence-corrected chi connectivity index (χ3v) is 20.3. The van der Waals surface area contributed by atoms with Gasteiger partial charge in [0.25, 0.3) is 0 Å². The second-order valence-corrected chi connectivity index (χ2v) is 25.8. The number of hydrogen-bond acceptors (Lipinski definition) is 2. The van der Waals surface area contributed by atoms with Gasteiger partial charge >= 0.3 is 0 Å². The summed E-state index contributed by atoms with van der Waals surface area (Å²) in [6.45, 7) is 0. The summed E-state index contributed by atoms with van der Waals surface area (Å²) in [5.41, 5.74) is 30.9. The van der Waals surface area contributed by atoms with Gasteiger partial charge in [-0.05, 0) is 184 Å². The Kier molecular flexibility index (Phi) is 16.2. The number of anilines is 6. The fourth-order valence-electron chi connectivity index (χ4n) is 15.8. The van der Waals surface area contributed by atoms with Crippen molar-refractivity contribution in [3.8, 4) is 66.8 Å². The highest BCUT2D eigenvalue weighted by Crippen LogP contribution is 2.58. The molecule has 0 unspecified atom stereocenters. The van der Waals surface area contributed by atoms with Crippen molar-refractivity contribution >= 4 is 34.1 Å². The number of fused-ring (bicyclic) bond motifs is 6. The van der Waals surface area contributed by atoms with E-state index in [4.69, 9.17) is 0 Å². The fourth-order valence-corrected chi connectivity index (χ4v) is 15.8. The highest BCUT2D eigenvalue weighted by Gasteiger charge is 2.47. The Morgan fingerprint density at radius 3 is 0.650 bits per heavy atom. The van der Waals surface area contributed by atoms with Gasteiger partial charge in [0.2, 0.25) is 0 Å².